The zero-order chi connectivity index (χ0) is 13.8. The fourth-order valence-electron chi connectivity index (χ4n) is 1.56. The van der Waals surface area contributed by atoms with Gasteiger partial charge in [-0.15, -0.1) is 4.85 Å². The SMILES string of the molecule is CC(C)Oc1cccc(Br)c1COc1ccn(O)n1. The Bertz CT molecular complexity index is 555. The van der Waals surface area contributed by atoms with Gasteiger partial charge in [0.25, 0.3) is 0 Å². The number of nitrogens with zero attached hydrogens (tertiary/aromatic N) is 2. The van der Waals surface area contributed by atoms with Crippen LogP contribution in [0, 0.1) is 0 Å². The van der Waals surface area contributed by atoms with Crippen molar-refractivity contribution in [1.82, 2.24) is 9.94 Å². The van der Waals surface area contributed by atoms with Gasteiger partial charge >= 0.3 is 0 Å². The number of aromatic nitrogens is 2. The lowest BCUT2D eigenvalue weighted by Gasteiger charge is -2.15. The van der Waals surface area contributed by atoms with Crippen LogP contribution in [0.25, 0.3) is 0 Å². The maximum atomic E-state index is 9.07. The van der Waals surface area contributed by atoms with E-state index in [9.17, 15) is 0 Å². The minimum Gasteiger partial charge on any atom is -0.491 e. The Balaban J connectivity index is 2.14. The summed E-state index contributed by atoms with van der Waals surface area (Å²) in [6.45, 7) is 4.25. The molecule has 0 saturated carbocycles. The van der Waals surface area contributed by atoms with Gasteiger partial charge in [-0.2, -0.15) is 0 Å². The van der Waals surface area contributed by atoms with Gasteiger partial charge in [-0.05, 0) is 26.0 Å². The van der Waals surface area contributed by atoms with Crippen molar-refractivity contribution in [3.8, 4) is 11.6 Å². The summed E-state index contributed by atoms with van der Waals surface area (Å²) in [5, 5.41) is 12.8. The van der Waals surface area contributed by atoms with Crippen molar-refractivity contribution < 1.29 is 14.7 Å². The molecule has 2 aromatic rings. The molecule has 0 atom stereocenters. The van der Waals surface area contributed by atoms with E-state index in [-0.39, 0.29) is 6.10 Å². The molecule has 1 aromatic heterocycles. The summed E-state index contributed by atoms with van der Waals surface area (Å²) in [5.74, 6) is 1.13. The second-order valence-corrected chi connectivity index (χ2v) is 5.10. The van der Waals surface area contributed by atoms with E-state index in [1.54, 1.807) is 6.07 Å². The van der Waals surface area contributed by atoms with E-state index in [1.165, 1.54) is 6.20 Å². The normalized spacial score (nSPS) is 10.7. The molecule has 6 heteroatoms. The monoisotopic (exact) mass is 326 g/mol. The molecule has 0 unspecified atom stereocenters. The van der Waals surface area contributed by atoms with Crippen molar-refractivity contribution in [2.45, 2.75) is 26.6 Å². The molecule has 0 fully saturated rings. The predicted molar refractivity (Wildman–Crippen MR) is 73.6 cm³/mol. The Kier molecular flexibility index (Phi) is 4.31. The third-order valence-corrected chi connectivity index (χ3v) is 3.10. The molecule has 0 bridgehead atoms. The first-order chi connectivity index (χ1) is 9.06. The van der Waals surface area contributed by atoms with E-state index in [0.29, 0.717) is 17.3 Å². The highest BCUT2D eigenvalue weighted by molar-refractivity contribution is 9.10. The van der Waals surface area contributed by atoms with Gasteiger partial charge in [-0.3, -0.25) is 0 Å². The van der Waals surface area contributed by atoms with E-state index in [0.717, 1.165) is 15.8 Å². The molecule has 0 aliphatic rings. The van der Waals surface area contributed by atoms with Crippen molar-refractivity contribution in [2.24, 2.45) is 0 Å². The fraction of sp³-hybridized carbons (Fsp3) is 0.308. The van der Waals surface area contributed by atoms with Crippen LogP contribution in [0.1, 0.15) is 19.4 Å². The summed E-state index contributed by atoms with van der Waals surface area (Å²) < 4.78 is 12.2. The molecular formula is C13H15BrN2O3. The molecule has 0 spiro atoms. The molecule has 1 heterocycles. The van der Waals surface area contributed by atoms with Crippen LogP contribution in [0.3, 0.4) is 0 Å². The van der Waals surface area contributed by atoms with Gasteiger partial charge in [0.2, 0.25) is 5.88 Å². The lowest BCUT2D eigenvalue weighted by atomic mass is 10.2. The van der Waals surface area contributed by atoms with Crippen LogP contribution in [0.4, 0.5) is 0 Å². The number of rotatable bonds is 5. The van der Waals surface area contributed by atoms with Gasteiger partial charge < -0.3 is 14.7 Å². The molecule has 0 amide bonds. The van der Waals surface area contributed by atoms with Crippen LogP contribution in [0.5, 0.6) is 11.6 Å². The number of ether oxygens (including phenoxy) is 2. The second-order valence-electron chi connectivity index (χ2n) is 4.25. The van der Waals surface area contributed by atoms with Gasteiger partial charge in [0, 0.05) is 16.1 Å². The van der Waals surface area contributed by atoms with Crippen LogP contribution in [-0.2, 0) is 6.61 Å². The first kappa shape index (κ1) is 13.7. The smallest absolute Gasteiger partial charge is 0.236 e. The summed E-state index contributed by atoms with van der Waals surface area (Å²) in [6, 6.07) is 7.32. The maximum Gasteiger partial charge on any atom is 0.236 e. The summed E-state index contributed by atoms with van der Waals surface area (Å²) in [7, 11) is 0. The maximum absolute atomic E-state index is 9.07. The quantitative estimate of drug-likeness (QED) is 0.857. The Morgan fingerprint density at radius 2 is 2.16 bits per heavy atom. The Morgan fingerprint density at radius 3 is 2.79 bits per heavy atom. The van der Waals surface area contributed by atoms with Crippen LogP contribution in [0.15, 0.2) is 34.9 Å². The number of benzene rings is 1. The summed E-state index contributed by atoms with van der Waals surface area (Å²) in [4.78, 5) is 0.709. The van der Waals surface area contributed by atoms with Crippen LogP contribution in [-0.4, -0.2) is 21.3 Å². The molecule has 0 radical (unpaired) electrons. The van der Waals surface area contributed by atoms with E-state index >= 15 is 0 Å². The van der Waals surface area contributed by atoms with Crippen molar-refractivity contribution >= 4 is 15.9 Å². The van der Waals surface area contributed by atoms with Gasteiger partial charge in [0.15, 0.2) is 0 Å². The summed E-state index contributed by atoms with van der Waals surface area (Å²) in [5.41, 5.74) is 0.906. The van der Waals surface area contributed by atoms with Gasteiger partial charge in [-0.25, -0.2) is 0 Å². The molecule has 0 aliphatic heterocycles. The second kappa shape index (κ2) is 5.97. The molecule has 0 aliphatic carbocycles. The Hall–Kier alpha value is -1.69. The number of hydrogen-bond acceptors (Lipinski definition) is 4. The molecule has 19 heavy (non-hydrogen) atoms. The highest BCUT2D eigenvalue weighted by Gasteiger charge is 2.11. The first-order valence-electron chi connectivity index (χ1n) is 5.88. The third kappa shape index (κ3) is 3.64. The topological polar surface area (TPSA) is 56.5 Å². The zero-order valence-electron chi connectivity index (χ0n) is 10.7. The molecular weight excluding hydrogens is 312 g/mol. The van der Waals surface area contributed by atoms with Gasteiger partial charge in [0.05, 0.1) is 12.3 Å². The molecule has 2 rings (SSSR count). The van der Waals surface area contributed by atoms with E-state index in [2.05, 4.69) is 21.0 Å². The van der Waals surface area contributed by atoms with Crippen molar-refractivity contribution in [3.63, 3.8) is 0 Å². The van der Waals surface area contributed by atoms with Crippen LogP contribution < -0.4 is 9.47 Å². The average Bonchev–Trinajstić information content (AvgIpc) is 2.73. The molecule has 5 nitrogen and oxygen atoms in total. The van der Waals surface area contributed by atoms with E-state index in [1.807, 2.05) is 32.0 Å². The van der Waals surface area contributed by atoms with Gasteiger partial charge in [0.1, 0.15) is 12.4 Å². The lowest BCUT2D eigenvalue weighted by molar-refractivity contribution is 0.141. The zero-order valence-corrected chi connectivity index (χ0v) is 12.3. The fourth-order valence-corrected chi connectivity index (χ4v) is 2.03. The Labute approximate surface area is 119 Å². The Morgan fingerprint density at radius 1 is 1.37 bits per heavy atom. The largest absolute Gasteiger partial charge is 0.491 e. The van der Waals surface area contributed by atoms with Crippen molar-refractivity contribution in [1.29, 1.82) is 0 Å². The van der Waals surface area contributed by atoms with Crippen LogP contribution >= 0.6 is 15.9 Å². The number of halogens is 1. The van der Waals surface area contributed by atoms with Crippen molar-refractivity contribution in [2.75, 3.05) is 0 Å². The predicted octanol–water partition coefficient (Wildman–Crippen LogP) is 3.25. The number of hydrogen-bond donors (Lipinski definition) is 1. The highest BCUT2D eigenvalue weighted by atomic mass is 79.9. The molecule has 0 saturated heterocycles. The van der Waals surface area contributed by atoms with E-state index < -0.39 is 0 Å². The summed E-state index contributed by atoms with van der Waals surface area (Å²) in [6.07, 6.45) is 1.49. The summed E-state index contributed by atoms with van der Waals surface area (Å²) >= 11 is 3.48. The van der Waals surface area contributed by atoms with Gasteiger partial charge in [-0.1, -0.05) is 27.1 Å². The average molecular weight is 327 g/mol. The highest BCUT2D eigenvalue weighted by Crippen LogP contribution is 2.28. The lowest BCUT2D eigenvalue weighted by Crippen LogP contribution is -2.09. The third-order valence-electron chi connectivity index (χ3n) is 2.35. The van der Waals surface area contributed by atoms with Crippen LogP contribution in [0.2, 0.25) is 0 Å². The van der Waals surface area contributed by atoms with Crippen molar-refractivity contribution in [3.05, 3.63) is 40.5 Å². The molecule has 102 valence electrons. The molecule has 1 N–H and O–H groups in total. The first-order valence-corrected chi connectivity index (χ1v) is 6.67. The minimum atomic E-state index is 0.0877. The minimum absolute atomic E-state index is 0.0877. The standard InChI is InChI=1S/C13H15BrN2O3/c1-9(2)19-12-5-3-4-11(14)10(12)8-18-13-6-7-16(17)15-13/h3-7,9,17H,8H2,1-2H3. The van der Waals surface area contributed by atoms with E-state index in [4.69, 9.17) is 14.7 Å². The molecule has 1 aromatic carbocycles.